The maximum Gasteiger partial charge on any atom is 0.326 e. The Balaban J connectivity index is 2.03. The Kier molecular flexibility index (Phi) is 6.71. The van der Waals surface area contributed by atoms with E-state index >= 15 is 0 Å². The number of benzene rings is 2. The number of rotatable bonds is 8. The third kappa shape index (κ3) is 4.80. The van der Waals surface area contributed by atoms with Gasteiger partial charge in [0.2, 0.25) is 0 Å². The molecule has 0 fully saturated rings. The van der Waals surface area contributed by atoms with Crippen molar-refractivity contribution < 1.29 is 19.8 Å². The van der Waals surface area contributed by atoms with Crippen LogP contribution in [0.4, 0.5) is 0 Å². The third-order valence-electron chi connectivity index (χ3n) is 4.74. The summed E-state index contributed by atoms with van der Waals surface area (Å²) >= 11 is 0. The zero-order valence-corrected chi connectivity index (χ0v) is 15.1. The SMILES string of the molecule is CCC(C)C(NC(=O)C(O)C(N)Cc1ccc2ccccc2c1)C(=O)O. The van der Waals surface area contributed by atoms with Crippen LogP contribution in [0.25, 0.3) is 10.8 Å². The molecule has 0 spiro atoms. The molecule has 0 saturated carbocycles. The number of carbonyl (C=O) groups is 2. The van der Waals surface area contributed by atoms with Crippen LogP contribution >= 0.6 is 0 Å². The quantitative estimate of drug-likeness (QED) is 0.573. The molecular formula is C20H26N2O4. The Morgan fingerprint density at radius 3 is 2.42 bits per heavy atom. The molecule has 0 bridgehead atoms. The molecule has 2 aromatic rings. The highest BCUT2D eigenvalue weighted by atomic mass is 16.4. The number of carbonyl (C=O) groups excluding carboxylic acids is 1. The van der Waals surface area contributed by atoms with Gasteiger partial charge in [-0.1, -0.05) is 62.7 Å². The van der Waals surface area contributed by atoms with Gasteiger partial charge < -0.3 is 21.3 Å². The van der Waals surface area contributed by atoms with Crippen molar-refractivity contribution in [3.8, 4) is 0 Å². The molecule has 0 heterocycles. The van der Waals surface area contributed by atoms with Crippen molar-refractivity contribution >= 4 is 22.6 Å². The molecule has 5 N–H and O–H groups in total. The van der Waals surface area contributed by atoms with Crippen molar-refractivity contribution in [1.29, 1.82) is 0 Å². The fraction of sp³-hybridized carbons (Fsp3) is 0.400. The molecule has 26 heavy (non-hydrogen) atoms. The van der Waals surface area contributed by atoms with E-state index in [1.165, 1.54) is 0 Å². The van der Waals surface area contributed by atoms with Crippen LogP contribution in [0.1, 0.15) is 25.8 Å². The van der Waals surface area contributed by atoms with Gasteiger partial charge in [-0.05, 0) is 28.7 Å². The summed E-state index contributed by atoms with van der Waals surface area (Å²) in [5.41, 5.74) is 6.90. The fourth-order valence-electron chi connectivity index (χ4n) is 2.87. The van der Waals surface area contributed by atoms with Crippen LogP contribution in [0.15, 0.2) is 42.5 Å². The summed E-state index contributed by atoms with van der Waals surface area (Å²) in [6, 6.07) is 11.8. The summed E-state index contributed by atoms with van der Waals surface area (Å²) < 4.78 is 0. The van der Waals surface area contributed by atoms with Crippen molar-refractivity contribution in [2.24, 2.45) is 11.7 Å². The maximum atomic E-state index is 12.2. The molecule has 6 nitrogen and oxygen atoms in total. The first-order valence-corrected chi connectivity index (χ1v) is 8.78. The highest BCUT2D eigenvalue weighted by Crippen LogP contribution is 2.17. The highest BCUT2D eigenvalue weighted by Gasteiger charge is 2.30. The third-order valence-corrected chi connectivity index (χ3v) is 4.74. The molecule has 2 rings (SSSR count). The summed E-state index contributed by atoms with van der Waals surface area (Å²) in [5, 5.41) is 24.0. The number of amides is 1. The minimum atomic E-state index is -1.48. The smallest absolute Gasteiger partial charge is 0.326 e. The maximum absolute atomic E-state index is 12.2. The lowest BCUT2D eigenvalue weighted by molar-refractivity contribution is -0.145. The molecule has 4 unspecified atom stereocenters. The number of hydrogen-bond donors (Lipinski definition) is 4. The average Bonchev–Trinajstić information content (AvgIpc) is 2.64. The Morgan fingerprint density at radius 2 is 1.81 bits per heavy atom. The van der Waals surface area contributed by atoms with Gasteiger partial charge in [0.15, 0.2) is 0 Å². The van der Waals surface area contributed by atoms with E-state index in [4.69, 9.17) is 5.73 Å². The minimum absolute atomic E-state index is 0.250. The van der Waals surface area contributed by atoms with Gasteiger partial charge in [0.05, 0.1) is 0 Å². The first-order valence-electron chi connectivity index (χ1n) is 8.78. The van der Waals surface area contributed by atoms with E-state index in [1.807, 2.05) is 49.4 Å². The van der Waals surface area contributed by atoms with Crippen molar-refractivity contribution in [3.63, 3.8) is 0 Å². The van der Waals surface area contributed by atoms with Crippen LogP contribution in [0.3, 0.4) is 0 Å². The summed E-state index contributed by atoms with van der Waals surface area (Å²) in [6.07, 6.45) is -0.580. The molecule has 6 heteroatoms. The second-order valence-electron chi connectivity index (χ2n) is 6.70. The monoisotopic (exact) mass is 358 g/mol. The van der Waals surface area contributed by atoms with E-state index in [9.17, 15) is 19.8 Å². The Morgan fingerprint density at radius 1 is 1.15 bits per heavy atom. The van der Waals surface area contributed by atoms with E-state index in [2.05, 4.69) is 5.32 Å². The molecule has 0 aromatic heterocycles. The lowest BCUT2D eigenvalue weighted by Crippen LogP contribution is -2.53. The first kappa shape index (κ1) is 19.9. The van der Waals surface area contributed by atoms with Gasteiger partial charge in [0.25, 0.3) is 5.91 Å². The van der Waals surface area contributed by atoms with Crippen molar-refractivity contribution in [1.82, 2.24) is 5.32 Å². The van der Waals surface area contributed by atoms with Crippen molar-refractivity contribution in [3.05, 3.63) is 48.0 Å². The lowest BCUT2D eigenvalue weighted by Gasteiger charge is -2.24. The molecule has 0 aliphatic rings. The predicted octanol–water partition coefficient (Wildman–Crippen LogP) is 1.69. The Hall–Kier alpha value is -2.44. The van der Waals surface area contributed by atoms with E-state index in [-0.39, 0.29) is 5.92 Å². The van der Waals surface area contributed by atoms with Gasteiger partial charge in [-0.25, -0.2) is 4.79 Å². The molecule has 1 amide bonds. The number of aliphatic carboxylic acids is 1. The van der Waals surface area contributed by atoms with Crippen LogP contribution < -0.4 is 11.1 Å². The number of aliphatic hydroxyl groups is 1. The second-order valence-corrected chi connectivity index (χ2v) is 6.70. The van der Waals surface area contributed by atoms with Crippen LogP contribution in [0.2, 0.25) is 0 Å². The number of fused-ring (bicyclic) bond motifs is 1. The van der Waals surface area contributed by atoms with Gasteiger partial charge in [-0.3, -0.25) is 4.79 Å². The van der Waals surface area contributed by atoms with E-state index < -0.39 is 30.1 Å². The highest BCUT2D eigenvalue weighted by molar-refractivity contribution is 5.87. The molecule has 0 aliphatic heterocycles. The van der Waals surface area contributed by atoms with Gasteiger partial charge >= 0.3 is 5.97 Å². The molecule has 0 radical (unpaired) electrons. The largest absolute Gasteiger partial charge is 0.480 e. The van der Waals surface area contributed by atoms with Gasteiger partial charge in [0, 0.05) is 6.04 Å². The van der Waals surface area contributed by atoms with Gasteiger partial charge in [-0.15, -0.1) is 0 Å². The zero-order chi connectivity index (χ0) is 19.3. The molecule has 4 atom stereocenters. The van der Waals surface area contributed by atoms with E-state index in [1.54, 1.807) is 6.92 Å². The minimum Gasteiger partial charge on any atom is -0.480 e. The average molecular weight is 358 g/mol. The topological polar surface area (TPSA) is 113 Å². The summed E-state index contributed by atoms with van der Waals surface area (Å²) in [7, 11) is 0. The number of hydrogen-bond acceptors (Lipinski definition) is 4. The number of nitrogens with two attached hydrogens (primary N) is 1. The summed E-state index contributed by atoms with van der Waals surface area (Å²) in [4.78, 5) is 23.5. The van der Waals surface area contributed by atoms with Crippen LogP contribution in [0.5, 0.6) is 0 Å². The number of aliphatic hydroxyl groups excluding tert-OH is 1. The second kappa shape index (κ2) is 8.78. The number of carboxylic acid groups (broad SMARTS) is 1. The predicted molar refractivity (Wildman–Crippen MR) is 101 cm³/mol. The molecule has 0 aliphatic carbocycles. The van der Waals surface area contributed by atoms with Crippen LogP contribution in [-0.4, -0.2) is 40.3 Å². The molecule has 2 aromatic carbocycles. The Labute approximate surface area is 153 Å². The standard InChI is InChI=1S/C20H26N2O4/c1-3-12(2)17(20(25)26)22-19(24)18(23)16(21)11-13-8-9-14-6-4-5-7-15(14)10-13/h4-10,12,16-18,23H,3,11,21H2,1-2H3,(H,22,24)(H,25,26). The van der Waals surface area contributed by atoms with Crippen molar-refractivity contribution in [2.75, 3.05) is 0 Å². The first-order chi connectivity index (χ1) is 12.3. The van der Waals surface area contributed by atoms with Gasteiger partial charge in [-0.2, -0.15) is 0 Å². The summed E-state index contributed by atoms with van der Waals surface area (Å²) in [5.74, 6) is -2.13. The Bertz CT molecular complexity index is 777. The molecule has 140 valence electrons. The molecule has 0 saturated heterocycles. The fourth-order valence-corrected chi connectivity index (χ4v) is 2.87. The van der Waals surface area contributed by atoms with Crippen LogP contribution in [0, 0.1) is 5.92 Å². The zero-order valence-electron chi connectivity index (χ0n) is 15.1. The lowest BCUT2D eigenvalue weighted by atomic mass is 9.97. The summed E-state index contributed by atoms with van der Waals surface area (Å²) in [6.45, 7) is 3.58. The molecular weight excluding hydrogens is 332 g/mol. The van der Waals surface area contributed by atoms with Gasteiger partial charge in [0.1, 0.15) is 12.1 Å². The number of carboxylic acids is 1. The van der Waals surface area contributed by atoms with Crippen molar-refractivity contribution in [2.45, 2.75) is 44.9 Å². The normalized spacial score (nSPS) is 15.8. The van der Waals surface area contributed by atoms with E-state index in [0.29, 0.717) is 12.8 Å². The number of nitrogens with one attached hydrogen (secondary N) is 1. The van der Waals surface area contributed by atoms with Crippen LogP contribution in [-0.2, 0) is 16.0 Å². The van der Waals surface area contributed by atoms with E-state index in [0.717, 1.165) is 16.3 Å².